The van der Waals surface area contributed by atoms with Crippen molar-refractivity contribution in [2.24, 2.45) is 5.92 Å². The standard InChI is InChI=1S/C18H25NO2/c1-12-3-4-14(7-13(12)2)11-19-16-5-6-17(19)9-15(8-16)10-18(20)21/h3-4,7,15-17H,5-6,8-11H2,1-2H3,(H,20,21). The van der Waals surface area contributed by atoms with Crippen molar-refractivity contribution in [1.29, 1.82) is 0 Å². The third kappa shape index (κ3) is 3.13. The van der Waals surface area contributed by atoms with E-state index in [0.29, 0.717) is 24.4 Å². The number of nitrogens with zero attached hydrogens (tertiary/aromatic N) is 1. The maximum Gasteiger partial charge on any atom is 0.303 e. The van der Waals surface area contributed by atoms with Crippen LogP contribution in [0.15, 0.2) is 18.2 Å². The lowest BCUT2D eigenvalue weighted by Crippen LogP contribution is -2.42. The first-order valence-electron chi connectivity index (χ1n) is 8.06. The number of rotatable bonds is 4. The molecule has 2 heterocycles. The fourth-order valence-electron chi connectivity index (χ4n) is 4.17. The van der Waals surface area contributed by atoms with Crippen molar-refractivity contribution >= 4 is 5.97 Å². The number of hydrogen-bond donors (Lipinski definition) is 1. The van der Waals surface area contributed by atoms with Crippen LogP contribution in [-0.4, -0.2) is 28.1 Å². The minimum Gasteiger partial charge on any atom is -0.481 e. The number of hydrogen-bond acceptors (Lipinski definition) is 2. The summed E-state index contributed by atoms with van der Waals surface area (Å²) in [5.41, 5.74) is 4.11. The molecule has 2 aliphatic rings. The summed E-state index contributed by atoms with van der Waals surface area (Å²) in [6.45, 7) is 5.35. The number of benzene rings is 1. The summed E-state index contributed by atoms with van der Waals surface area (Å²) in [6.07, 6.45) is 4.96. The van der Waals surface area contributed by atoms with E-state index in [4.69, 9.17) is 5.11 Å². The second-order valence-electron chi connectivity index (χ2n) is 6.91. The average Bonchev–Trinajstić information content (AvgIpc) is 2.65. The highest BCUT2D eigenvalue weighted by atomic mass is 16.4. The molecule has 0 amide bonds. The van der Waals surface area contributed by atoms with Gasteiger partial charge >= 0.3 is 5.97 Å². The highest BCUT2D eigenvalue weighted by Gasteiger charge is 2.40. The first-order valence-corrected chi connectivity index (χ1v) is 8.06. The van der Waals surface area contributed by atoms with Crippen LogP contribution in [0.1, 0.15) is 48.8 Å². The summed E-state index contributed by atoms with van der Waals surface area (Å²) >= 11 is 0. The quantitative estimate of drug-likeness (QED) is 0.921. The summed E-state index contributed by atoms with van der Waals surface area (Å²) in [6, 6.07) is 7.94. The van der Waals surface area contributed by atoms with Crippen LogP contribution in [0.2, 0.25) is 0 Å². The Morgan fingerprint density at radius 1 is 1.19 bits per heavy atom. The Labute approximate surface area is 127 Å². The van der Waals surface area contributed by atoms with Crippen LogP contribution in [0, 0.1) is 19.8 Å². The molecular weight excluding hydrogens is 262 g/mol. The van der Waals surface area contributed by atoms with Gasteiger partial charge in [0.05, 0.1) is 0 Å². The van der Waals surface area contributed by atoms with Crippen molar-refractivity contribution < 1.29 is 9.90 Å². The molecule has 1 aromatic rings. The summed E-state index contributed by atoms with van der Waals surface area (Å²) in [7, 11) is 0. The van der Waals surface area contributed by atoms with Gasteiger partial charge in [-0.2, -0.15) is 0 Å². The van der Waals surface area contributed by atoms with Crippen LogP contribution in [0.25, 0.3) is 0 Å². The zero-order valence-corrected chi connectivity index (χ0v) is 13.0. The molecule has 3 rings (SSSR count). The predicted molar refractivity (Wildman–Crippen MR) is 83.2 cm³/mol. The molecule has 0 aromatic heterocycles. The van der Waals surface area contributed by atoms with Gasteiger partial charge in [-0.3, -0.25) is 9.69 Å². The van der Waals surface area contributed by atoms with E-state index in [2.05, 4.69) is 36.9 Å². The molecule has 0 spiro atoms. The molecule has 114 valence electrons. The van der Waals surface area contributed by atoms with Gasteiger partial charge in [-0.15, -0.1) is 0 Å². The third-order valence-corrected chi connectivity index (χ3v) is 5.38. The first kappa shape index (κ1) is 14.6. The van der Waals surface area contributed by atoms with E-state index in [1.54, 1.807) is 0 Å². The molecule has 1 aromatic carbocycles. The van der Waals surface area contributed by atoms with Gasteiger partial charge in [0.1, 0.15) is 0 Å². The van der Waals surface area contributed by atoms with Crippen molar-refractivity contribution in [3.63, 3.8) is 0 Å². The number of aryl methyl sites for hydroxylation is 2. The fraction of sp³-hybridized carbons (Fsp3) is 0.611. The van der Waals surface area contributed by atoms with E-state index in [1.807, 2.05) is 0 Å². The molecule has 0 radical (unpaired) electrons. The Morgan fingerprint density at radius 2 is 1.86 bits per heavy atom. The van der Waals surface area contributed by atoms with E-state index < -0.39 is 5.97 Å². The number of fused-ring (bicyclic) bond motifs is 2. The van der Waals surface area contributed by atoms with Crippen LogP contribution in [0.3, 0.4) is 0 Å². The van der Waals surface area contributed by atoms with Crippen LogP contribution >= 0.6 is 0 Å². The maximum atomic E-state index is 10.9. The largest absolute Gasteiger partial charge is 0.481 e. The highest BCUT2D eigenvalue weighted by molar-refractivity contribution is 5.67. The molecule has 2 unspecified atom stereocenters. The second-order valence-corrected chi connectivity index (χ2v) is 6.91. The SMILES string of the molecule is Cc1ccc(CN2C3CCC2CC(CC(=O)O)C3)cc1C. The van der Waals surface area contributed by atoms with Crippen LogP contribution < -0.4 is 0 Å². The molecule has 2 bridgehead atoms. The molecule has 2 aliphatic heterocycles. The molecule has 0 aliphatic carbocycles. The van der Waals surface area contributed by atoms with E-state index in [0.717, 1.165) is 19.4 Å². The summed E-state index contributed by atoms with van der Waals surface area (Å²) in [4.78, 5) is 13.6. The summed E-state index contributed by atoms with van der Waals surface area (Å²) < 4.78 is 0. The highest BCUT2D eigenvalue weighted by Crippen LogP contribution is 2.40. The van der Waals surface area contributed by atoms with Gasteiger partial charge in [0, 0.05) is 25.0 Å². The monoisotopic (exact) mass is 287 g/mol. The number of carbonyl (C=O) groups is 1. The topological polar surface area (TPSA) is 40.5 Å². The average molecular weight is 287 g/mol. The fourth-order valence-corrected chi connectivity index (χ4v) is 4.17. The number of aliphatic carboxylic acids is 1. The van der Waals surface area contributed by atoms with Gasteiger partial charge in [0.25, 0.3) is 0 Å². The molecule has 3 heteroatoms. The molecule has 1 N–H and O–H groups in total. The Morgan fingerprint density at radius 3 is 2.43 bits per heavy atom. The Kier molecular flexibility index (Phi) is 4.03. The van der Waals surface area contributed by atoms with Crippen LogP contribution in [-0.2, 0) is 11.3 Å². The van der Waals surface area contributed by atoms with E-state index in [1.165, 1.54) is 29.5 Å². The number of carboxylic acids is 1. The summed E-state index contributed by atoms with van der Waals surface area (Å²) in [5, 5.41) is 9.00. The zero-order chi connectivity index (χ0) is 15.0. The van der Waals surface area contributed by atoms with Crippen molar-refractivity contribution in [1.82, 2.24) is 4.90 Å². The molecule has 21 heavy (non-hydrogen) atoms. The van der Waals surface area contributed by atoms with Gasteiger partial charge in [-0.25, -0.2) is 0 Å². The molecule has 3 nitrogen and oxygen atoms in total. The van der Waals surface area contributed by atoms with Gasteiger partial charge in [0.2, 0.25) is 0 Å². The number of carboxylic acid groups (broad SMARTS) is 1. The predicted octanol–water partition coefficient (Wildman–Crippen LogP) is 3.52. The van der Waals surface area contributed by atoms with Crippen molar-refractivity contribution in [3.8, 4) is 0 Å². The lowest BCUT2D eigenvalue weighted by Gasteiger charge is -2.38. The minimum atomic E-state index is -0.637. The summed E-state index contributed by atoms with van der Waals surface area (Å²) in [5.74, 6) is -0.252. The van der Waals surface area contributed by atoms with Gasteiger partial charge in [-0.1, -0.05) is 18.2 Å². The van der Waals surface area contributed by atoms with Crippen LogP contribution in [0.5, 0.6) is 0 Å². The Hall–Kier alpha value is -1.35. The second kappa shape index (κ2) is 5.80. The zero-order valence-electron chi connectivity index (χ0n) is 13.0. The lowest BCUT2D eigenvalue weighted by atomic mass is 9.88. The normalized spacial score (nSPS) is 28.8. The van der Waals surface area contributed by atoms with Crippen LogP contribution in [0.4, 0.5) is 0 Å². The molecule has 2 fully saturated rings. The van der Waals surface area contributed by atoms with Crippen molar-refractivity contribution in [2.45, 2.75) is 64.6 Å². The minimum absolute atomic E-state index is 0.352. The Bertz CT molecular complexity index is 526. The lowest BCUT2D eigenvalue weighted by molar-refractivity contribution is -0.138. The Balaban J connectivity index is 1.67. The van der Waals surface area contributed by atoms with Gasteiger partial charge in [-0.05, 0) is 62.1 Å². The van der Waals surface area contributed by atoms with Gasteiger partial charge < -0.3 is 5.11 Å². The molecule has 2 saturated heterocycles. The van der Waals surface area contributed by atoms with E-state index in [9.17, 15) is 4.79 Å². The number of piperidine rings is 1. The smallest absolute Gasteiger partial charge is 0.303 e. The molecule has 0 saturated carbocycles. The third-order valence-electron chi connectivity index (χ3n) is 5.38. The molecular formula is C18H25NO2. The van der Waals surface area contributed by atoms with E-state index in [-0.39, 0.29) is 0 Å². The van der Waals surface area contributed by atoms with E-state index >= 15 is 0 Å². The van der Waals surface area contributed by atoms with Crippen molar-refractivity contribution in [2.75, 3.05) is 0 Å². The first-order chi connectivity index (χ1) is 10.0. The molecule has 2 atom stereocenters. The van der Waals surface area contributed by atoms with Gasteiger partial charge in [0.15, 0.2) is 0 Å². The maximum absolute atomic E-state index is 10.9. The van der Waals surface area contributed by atoms with Crippen molar-refractivity contribution in [3.05, 3.63) is 34.9 Å².